The molecule has 2 aromatic carbocycles. The number of benzene rings is 2. The highest BCUT2D eigenvalue weighted by molar-refractivity contribution is 7.11. The first-order valence-corrected chi connectivity index (χ1v) is 18.3. The molecule has 3 unspecified atom stereocenters. The molecule has 262 valence electrons. The lowest BCUT2D eigenvalue weighted by Crippen LogP contribution is -2.51. The summed E-state index contributed by atoms with van der Waals surface area (Å²) in [4.78, 5) is 77.7. The highest BCUT2D eigenvalue weighted by Gasteiger charge is 2.45. The summed E-state index contributed by atoms with van der Waals surface area (Å²) >= 11 is 1.30. The van der Waals surface area contributed by atoms with Crippen molar-refractivity contribution in [2.45, 2.75) is 57.1 Å². The van der Waals surface area contributed by atoms with E-state index in [1.54, 1.807) is 45.8 Å². The number of carbonyl (C=O) groups excluding carboxylic acids is 5. The summed E-state index contributed by atoms with van der Waals surface area (Å²) in [6.07, 6.45) is 5.67. The first-order chi connectivity index (χ1) is 24.4. The van der Waals surface area contributed by atoms with Crippen LogP contribution in [-0.4, -0.2) is 99.8 Å². The average molecular weight is 700 g/mol. The molecule has 4 atom stereocenters. The molecule has 2 N–H and O–H groups in total. The zero-order valence-electron chi connectivity index (χ0n) is 27.8. The summed E-state index contributed by atoms with van der Waals surface area (Å²) < 4.78 is 6.65. The number of likely N-dealkylation sites (tertiary alicyclic amines) is 1. The Labute approximate surface area is 294 Å². The molecule has 12 nitrogen and oxygen atoms in total. The van der Waals surface area contributed by atoms with Crippen LogP contribution in [0.1, 0.15) is 86.1 Å². The normalized spacial score (nSPS) is 23.1. The molecule has 0 radical (unpaired) electrons. The van der Waals surface area contributed by atoms with Crippen molar-refractivity contribution in [2.24, 2.45) is 11.8 Å². The first kappa shape index (κ1) is 33.9. The summed E-state index contributed by atoms with van der Waals surface area (Å²) in [6.45, 7) is 1.52. The van der Waals surface area contributed by atoms with E-state index in [4.69, 9.17) is 4.74 Å². The molecule has 5 amide bonds. The second-order valence-electron chi connectivity index (χ2n) is 13.4. The number of ether oxygens (including phenoxy) is 1. The van der Waals surface area contributed by atoms with Crippen molar-refractivity contribution in [3.8, 4) is 5.75 Å². The van der Waals surface area contributed by atoms with Crippen molar-refractivity contribution in [1.29, 1.82) is 0 Å². The average Bonchev–Trinajstić information content (AvgIpc) is 3.90. The molecule has 7 rings (SSSR count). The van der Waals surface area contributed by atoms with E-state index in [0.29, 0.717) is 80.0 Å². The van der Waals surface area contributed by atoms with Crippen LogP contribution in [0.3, 0.4) is 0 Å². The van der Waals surface area contributed by atoms with Crippen LogP contribution in [0.4, 0.5) is 0 Å². The third-order valence-electron chi connectivity index (χ3n) is 10.4. The van der Waals surface area contributed by atoms with E-state index < -0.39 is 29.7 Å². The molecule has 4 heterocycles. The van der Waals surface area contributed by atoms with Crippen molar-refractivity contribution >= 4 is 40.9 Å². The first-order valence-electron chi connectivity index (χ1n) is 17.5. The van der Waals surface area contributed by atoms with E-state index >= 15 is 0 Å². The second kappa shape index (κ2) is 14.7. The molecule has 1 aliphatic carbocycles. The molecular weight excluding hydrogens is 659 g/mol. The summed E-state index contributed by atoms with van der Waals surface area (Å²) in [6, 6.07) is 11.8. The number of hydrogen-bond acceptors (Lipinski definition) is 9. The summed E-state index contributed by atoms with van der Waals surface area (Å²) in [7, 11) is 0. The Morgan fingerprint density at radius 1 is 0.960 bits per heavy atom. The smallest absolute Gasteiger partial charge is 0.265 e. The van der Waals surface area contributed by atoms with Gasteiger partial charge in [0.2, 0.25) is 11.8 Å². The van der Waals surface area contributed by atoms with Crippen LogP contribution in [0.5, 0.6) is 5.75 Å². The van der Waals surface area contributed by atoms with Crippen molar-refractivity contribution in [3.63, 3.8) is 0 Å². The molecule has 3 aliphatic heterocycles. The van der Waals surface area contributed by atoms with Gasteiger partial charge in [-0.3, -0.25) is 33.9 Å². The van der Waals surface area contributed by atoms with Gasteiger partial charge in [-0.2, -0.15) is 0 Å². The Kier molecular flexibility index (Phi) is 9.95. The van der Waals surface area contributed by atoms with Gasteiger partial charge in [0.1, 0.15) is 16.7 Å². The Morgan fingerprint density at radius 3 is 2.44 bits per heavy atom. The fourth-order valence-corrected chi connectivity index (χ4v) is 8.50. The van der Waals surface area contributed by atoms with Crippen LogP contribution in [0, 0.1) is 11.8 Å². The summed E-state index contributed by atoms with van der Waals surface area (Å²) in [5, 5.41) is 12.1. The maximum Gasteiger partial charge on any atom is 0.265 e. The number of amides is 5. The zero-order valence-corrected chi connectivity index (χ0v) is 28.6. The predicted molar refractivity (Wildman–Crippen MR) is 184 cm³/mol. The molecular formula is C37H41N5O7S. The van der Waals surface area contributed by atoms with E-state index in [9.17, 15) is 29.1 Å². The molecule has 4 aliphatic rings. The highest BCUT2D eigenvalue weighted by Crippen LogP contribution is 2.42. The van der Waals surface area contributed by atoms with Crippen LogP contribution in [-0.2, 0) is 16.0 Å². The topological polar surface area (TPSA) is 149 Å². The van der Waals surface area contributed by atoms with Gasteiger partial charge in [-0.05, 0) is 49.4 Å². The van der Waals surface area contributed by atoms with Crippen LogP contribution in [0.2, 0.25) is 0 Å². The fourth-order valence-electron chi connectivity index (χ4n) is 7.91. The summed E-state index contributed by atoms with van der Waals surface area (Å²) in [5.41, 5.74) is 4.01. The van der Waals surface area contributed by atoms with E-state index in [-0.39, 0.29) is 37.0 Å². The van der Waals surface area contributed by atoms with E-state index in [0.717, 1.165) is 24.0 Å². The largest absolute Gasteiger partial charge is 0.488 e. The van der Waals surface area contributed by atoms with Crippen LogP contribution in [0.15, 0.2) is 54.2 Å². The third-order valence-corrected chi connectivity index (χ3v) is 11.2. The molecule has 50 heavy (non-hydrogen) atoms. The number of aromatic nitrogens is 1. The lowest BCUT2D eigenvalue weighted by atomic mass is 9.77. The zero-order chi connectivity index (χ0) is 34.8. The van der Waals surface area contributed by atoms with Gasteiger partial charge in [-0.15, -0.1) is 11.3 Å². The van der Waals surface area contributed by atoms with E-state index in [1.807, 2.05) is 18.2 Å². The highest BCUT2D eigenvalue weighted by atomic mass is 32.1. The second-order valence-corrected chi connectivity index (χ2v) is 14.3. The fraction of sp³-hybridized carbons (Fsp3) is 0.459. The van der Waals surface area contributed by atoms with Gasteiger partial charge in [0.05, 0.1) is 42.0 Å². The van der Waals surface area contributed by atoms with E-state index in [2.05, 4.69) is 10.3 Å². The number of hydrogen-bond donors (Lipinski definition) is 2. The lowest BCUT2D eigenvalue weighted by Gasteiger charge is -2.43. The SMILES string of the molecule is O=C(NCCCO)C1CCCCC1C(=O)N1CCc2cccc(OC3CCN(C(=O)c4cncs4)C3)c2[C@H]1CN1C(=O)c2ccccc2C1=O. The Hall–Kier alpha value is -4.62. The quantitative estimate of drug-likeness (QED) is 0.242. The van der Waals surface area contributed by atoms with Crippen molar-refractivity contribution in [2.75, 3.05) is 39.3 Å². The minimum Gasteiger partial charge on any atom is -0.488 e. The maximum absolute atomic E-state index is 14.7. The Bertz CT molecular complexity index is 1750. The number of nitrogens with one attached hydrogen (secondary N) is 1. The van der Waals surface area contributed by atoms with Crippen molar-refractivity contribution in [3.05, 3.63) is 81.3 Å². The lowest BCUT2D eigenvalue weighted by molar-refractivity contribution is -0.146. The number of carbonyl (C=O) groups is 5. The van der Waals surface area contributed by atoms with Crippen molar-refractivity contribution < 1.29 is 33.8 Å². The third kappa shape index (κ3) is 6.51. The minimum atomic E-state index is -0.707. The number of thiazole rings is 1. The predicted octanol–water partition coefficient (Wildman–Crippen LogP) is 3.46. The van der Waals surface area contributed by atoms with Gasteiger partial charge >= 0.3 is 0 Å². The van der Waals surface area contributed by atoms with Gasteiger partial charge in [0, 0.05) is 50.1 Å². The molecule has 2 fully saturated rings. The Balaban J connectivity index is 1.19. The van der Waals surface area contributed by atoms with Gasteiger partial charge in [-0.25, -0.2) is 0 Å². The van der Waals surface area contributed by atoms with Gasteiger partial charge < -0.3 is 25.0 Å². The molecule has 3 aromatic rings. The van der Waals surface area contributed by atoms with Gasteiger partial charge in [0.15, 0.2) is 0 Å². The molecule has 1 saturated carbocycles. The number of aliphatic hydroxyl groups excluding tert-OH is 1. The van der Waals surface area contributed by atoms with Gasteiger partial charge in [0.25, 0.3) is 17.7 Å². The molecule has 1 saturated heterocycles. The Morgan fingerprint density at radius 2 is 1.72 bits per heavy atom. The minimum absolute atomic E-state index is 0.0360. The molecule has 0 bridgehead atoms. The number of aliphatic hydroxyl groups is 1. The van der Waals surface area contributed by atoms with Crippen LogP contribution >= 0.6 is 11.3 Å². The molecule has 1 aromatic heterocycles. The standard InChI is InChI=1S/C37H41N5O7S/c43-18-6-15-39-33(44)25-8-1-2-9-26(25)34(45)41-17-13-23-7-5-12-30(49-24-14-16-40(20-24)37(48)31-19-38-22-50-31)32(23)29(41)21-42-35(46)27-10-3-4-11-28(27)36(42)47/h3-5,7,10-12,19,22,24-26,29,43H,1-2,6,8-9,13-18,20-21H2,(H,39,44)/t24?,25?,26?,29-/m1/s1. The van der Waals surface area contributed by atoms with Crippen molar-refractivity contribution in [1.82, 2.24) is 25.0 Å². The number of fused-ring (bicyclic) bond motifs is 2. The number of nitrogens with zero attached hydrogens (tertiary/aromatic N) is 4. The van der Waals surface area contributed by atoms with Gasteiger partial charge in [-0.1, -0.05) is 37.1 Å². The number of imide groups is 1. The molecule has 0 spiro atoms. The number of rotatable bonds is 10. The monoisotopic (exact) mass is 699 g/mol. The molecule has 13 heteroatoms. The maximum atomic E-state index is 14.7. The van der Waals surface area contributed by atoms with E-state index in [1.165, 1.54) is 16.2 Å². The van der Waals surface area contributed by atoms with Crippen LogP contribution < -0.4 is 10.1 Å². The summed E-state index contributed by atoms with van der Waals surface area (Å²) in [5.74, 6) is -1.77. The van der Waals surface area contributed by atoms with Crippen LogP contribution in [0.25, 0.3) is 0 Å².